The maximum atomic E-state index is 13.9. The summed E-state index contributed by atoms with van der Waals surface area (Å²) in [5, 5.41) is 5.77. The number of fused-ring (bicyclic) bond motifs is 1. The number of nitrogens with zero attached hydrogens (tertiary/aromatic N) is 2. The quantitative estimate of drug-likeness (QED) is 0.621. The number of benzene rings is 1. The van der Waals surface area contributed by atoms with Crippen molar-refractivity contribution in [1.29, 1.82) is 0 Å². The van der Waals surface area contributed by atoms with E-state index in [0.29, 0.717) is 43.9 Å². The minimum Gasteiger partial charge on any atom is -0.369 e. The van der Waals surface area contributed by atoms with E-state index in [4.69, 9.17) is 0 Å². The molecule has 2 aliphatic rings. The fourth-order valence-corrected chi connectivity index (χ4v) is 4.05. The number of carbonyl (C=O) groups excluding carboxylic acids is 2. The van der Waals surface area contributed by atoms with E-state index in [-0.39, 0.29) is 36.6 Å². The van der Waals surface area contributed by atoms with Crippen LogP contribution in [-0.2, 0) is 16.0 Å². The van der Waals surface area contributed by atoms with Crippen molar-refractivity contribution in [3.8, 4) is 0 Å². The molecular weight excluding hydrogens is 414 g/mol. The number of carbonyl (C=O) groups is 2. The number of alkyl halides is 1. The van der Waals surface area contributed by atoms with Gasteiger partial charge in [-0.3, -0.25) is 14.5 Å². The van der Waals surface area contributed by atoms with Crippen LogP contribution in [0.4, 0.5) is 20.2 Å². The van der Waals surface area contributed by atoms with Crippen molar-refractivity contribution in [2.45, 2.75) is 52.2 Å². The summed E-state index contributed by atoms with van der Waals surface area (Å²) in [6, 6.07) is 5.54. The molecule has 0 aliphatic carbocycles. The second-order valence-corrected chi connectivity index (χ2v) is 8.45. The van der Waals surface area contributed by atoms with Gasteiger partial charge in [0.2, 0.25) is 11.8 Å². The third-order valence-electron chi connectivity index (χ3n) is 5.80. The molecule has 2 unspecified atom stereocenters. The van der Waals surface area contributed by atoms with Gasteiger partial charge in [-0.15, -0.1) is 0 Å². The second-order valence-electron chi connectivity index (χ2n) is 8.45. The van der Waals surface area contributed by atoms with Crippen LogP contribution in [0.5, 0.6) is 0 Å². The highest BCUT2D eigenvalue weighted by Crippen LogP contribution is 2.26. The highest BCUT2D eigenvalue weighted by Gasteiger charge is 2.26. The summed E-state index contributed by atoms with van der Waals surface area (Å²) in [5.41, 5.74) is 3.07. The summed E-state index contributed by atoms with van der Waals surface area (Å²) < 4.78 is 27.5. The normalized spacial score (nSPS) is 21.1. The SMILES string of the molecule is CC/C(F)=C\C(=C/C(C)F)N1CCN(CC(=O)Nc2ccc3c(c2)CCC(=O)N3)C(C)C1. The zero-order chi connectivity index (χ0) is 23.3. The standard InChI is InChI=1S/C24H32F2N4O2/c1-4-19(26)13-21(11-16(2)25)30-10-9-29(17(3)14-30)15-24(32)27-20-6-7-22-18(12-20)5-8-23(31)28-22/h6-7,11-13,16-17H,4-5,8-10,14-15H2,1-3H3,(H,27,32)(H,28,31)/b19-13+,21-11+. The molecule has 0 aromatic heterocycles. The van der Waals surface area contributed by atoms with Crippen molar-refractivity contribution in [2.75, 3.05) is 36.8 Å². The minimum absolute atomic E-state index is 0.00862. The van der Waals surface area contributed by atoms with Crippen LogP contribution in [0.1, 0.15) is 39.2 Å². The fraction of sp³-hybridized carbons (Fsp3) is 0.500. The van der Waals surface area contributed by atoms with Crippen LogP contribution >= 0.6 is 0 Å². The van der Waals surface area contributed by atoms with Gasteiger partial charge >= 0.3 is 0 Å². The van der Waals surface area contributed by atoms with Crippen molar-refractivity contribution in [3.05, 3.63) is 47.4 Å². The predicted molar refractivity (Wildman–Crippen MR) is 123 cm³/mol. The van der Waals surface area contributed by atoms with Crippen LogP contribution < -0.4 is 10.6 Å². The summed E-state index contributed by atoms with van der Waals surface area (Å²) in [6.07, 6.45) is 3.04. The lowest BCUT2D eigenvalue weighted by molar-refractivity contribution is -0.118. The van der Waals surface area contributed by atoms with E-state index in [0.717, 1.165) is 11.3 Å². The van der Waals surface area contributed by atoms with E-state index in [1.54, 1.807) is 13.0 Å². The number of allylic oxidation sites excluding steroid dienone is 3. The summed E-state index contributed by atoms with van der Waals surface area (Å²) in [5.74, 6) is -0.388. The summed E-state index contributed by atoms with van der Waals surface area (Å²) in [7, 11) is 0. The molecule has 174 valence electrons. The monoisotopic (exact) mass is 446 g/mol. The van der Waals surface area contributed by atoms with E-state index < -0.39 is 6.17 Å². The van der Waals surface area contributed by atoms with E-state index in [9.17, 15) is 18.4 Å². The van der Waals surface area contributed by atoms with Gasteiger partial charge in [-0.2, -0.15) is 0 Å². The Hall–Kier alpha value is -2.74. The van der Waals surface area contributed by atoms with Crippen molar-refractivity contribution >= 4 is 23.2 Å². The molecule has 2 N–H and O–H groups in total. The first kappa shape index (κ1) is 23.9. The first-order valence-electron chi connectivity index (χ1n) is 11.2. The molecule has 8 heteroatoms. The molecule has 32 heavy (non-hydrogen) atoms. The van der Waals surface area contributed by atoms with Gasteiger partial charge < -0.3 is 15.5 Å². The van der Waals surface area contributed by atoms with E-state index in [2.05, 4.69) is 15.5 Å². The van der Waals surface area contributed by atoms with Gasteiger partial charge in [-0.25, -0.2) is 8.78 Å². The van der Waals surface area contributed by atoms with Gasteiger partial charge in [0.25, 0.3) is 0 Å². The van der Waals surface area contributed by atoms with Crippen LogP contribution in [0.3, 0.4) is 0 Å². The van der Waals surface area contributed by atoms with Crippen molar-refractivity contribution in [2.24, 2.45) is 0 Å². The number of anilines is 2. The van der Waals surface area contributed by atoms with Crippen LogP contribution in [-0.4, -0.2) is 60.0 Å². The highest BCUT2D eigenvalue weighted by molar-refractivity contribution is 5.96. The predicted octanol–water partition coefficient (Wildman–Crippen LogP) is 4.02. The number of piperazine rings is 1. The van der Waals surface area contributed by atoms with Gasteiger partial charge in [0.1, 0.15) is 12.0 Å². The third-order valence-corrected chi connectivity index (χ3v) is 5.80. The van der Waals surface area contributed by atoms with Gasteiger partial charge in [0.15, 0.2) is 0 Å². The number of hydrogen-bond donors (Lipinski definition) is 2. The van der Waals surface area contributed by atoms with Crippen molar-refractivity contribution in [1.82, 2.24) is 9.80 Å². The molecule has 0 spiro atoms. The second kappa shape index (κ2) is 10.7. The number of rotatable bonds is 7. The van der Waals surface area contributed by atoms with Crippen LogP contribution in [0.2, 0.25) is 0 Å². The van der Waals surface area contributed by atoms with Gasteiger partial charge in [0, 0.05) is 49.2 Å². The number of amides is 2. The molecule has 0 bridgehead atoms. The Balaban J connectivity index is 1.58. The van der Waals surface area contributed by atoms with Crippen molar-refractivity contribution < 1.29 is 18.4 Å². The van der Waals surface area contributed by atoms with Crippen LogP contribution in [0, 0.1) is 0 Å². The maximum Gasteiger partial charge on any atom is 0.238 e. The summed E-state index contributed by atoms with van der Waals surface area (Å²) >= 11 is 0. The molecule has 6 nitrogen and oxygen atoms in total. The fourth-order valence-electron chi connectivity index (χ4n) is 4.05. The Morgan fingerprint density at radius 1 is 1.34 bits per heavy atom. The molecule has 2 atom stereocenters. The van der Waals surface area contributed by atoms with Gasteiger partial charge in [0.05, 0.1) is 6.54 Å². The molecule has 1 aromatic rings. The molecule has 0 radical (unpaired) electrons. The van der Waals surface area contributed by atoms with Crippen molar-refractivity contribution in [3.63, 3.8) is 0 Å². The molecule has 3 rings (SSSR count). The smallest absolute Gasteiger partial charge is 0.238 e. The maximum absolute atomic E-state index is 13.9. The number of hydrogen-bond acceptors (Lipinski definition) is 4. The first-order valence-corrected chi connectivity index (χ1v) is 11.2. The van der Waals surface area contributed by atoms with E-state index in [1.807, 2.05) is 24.0 Å². The molecule has 2 aliphatic heterocycles. The lowest BCUT2D eigenvalue weighted by Crippen LogP contribution is -2.53. The average molecular weight is 447 g/mol. The number of nitrogens with one attached hydrogen (secondary N) is 2. The first-order chi connectivity index (χ1) is 15.2. The Kier molecular flexibility index (Phi) is 8.01. The molecule has 0 saturated carbocycles. The third kappa shape index (κ3) is 6.38. The molecule has 2 amide bonds. The molecule has 1 aromatic carbocycles. The Morgan fingerprint density at radius 3 is 2.81 bits per heavy atom. The Bertz CT molecular complexity index is 913. The largest absolute Gasteiger partial charge is 0.369 e. The van der Waals surface area contributed by atoms with E-state index >= 15 is 0 Å². The highest BCUT2D eigenvalue weighted by atomic mass is 19.1. The molecule has 2 heterocycles. The Labute approximate surface area is 188 Å². The lowest BCUT2D eigenvalue weighted by atomic mass is 10.0. The number of aryl methyl sites for hydroxylation is 1. The average Bonchev–Trinajstić information content (AvgIpc) is 2.74. The summed E-state index contributed by atoms with van der Waals surface area (Å²) in [4.78, 5) is 28.2. The van der Waals surface area contributed by atoms with Crippen LogP contribution in [0.25, 0.3) is 0 Å². The van der Waals surface area contributed by atoms with Gasteiger partial charge in [-0.05, 0) is 62.6 Å². The zero-order valence-electron chi connectivity index (χ0n) is 19.0. The van der Waals surface area contributed by atoms with E-state index in [1.165, 1.54) is 19.1 Å². The minimum atomic E-state index is -1.17. The number of halogens is 2. The summed E-state index contributed by atoms with van der Waals surface area (Å²) in [6.45, 7) is 7.18. The molecule has 1 fully saturated rings. The van der Waals surface area contributed by atoms with Gasteiger partial charge in [-0.1, -0.05) is 6.92 Å². The Morgan fingerprint density at radius 2 is 2.12 bits per heavy atom. The molecule has 1 saturated heterocycles. The lowest BCUT2D eigenvalue weighted by Gasteiger charge is -2.41. The topological polar surface area (TPSA) is 64.7 Å². The zero-order valence-corrected chi connectivity index (χ0v) is 19.0. The molecular formula is C24H32F2N4O2. The van der Waals surface area contributed by atoms with Crippen LogP contribution in [0.15, 0.2) is 41.9 Å².